The lowest BCUT2D eigenvalue weighted by molar-refractivity contribution is 0.113. The highest BCUT2D eigenvalue weighted by Gasteiger charge is 2.31. The summed E-state index contributed by atoms with van der Waals surface area (Å²) in [5.74, 6) is 0.0413. The number of ether oxygens (including phenoxy) is 1. The molecular weight excluding hydrogens is 287 g/mol. The molecule has 1 aromatic rings. The number of benzene rings is 1. The van der Waals surface area contributed by atoms with Gasteiger partial charge in [0.25, 0.3) is 0 Å². The maximum atomic E-state index is 13.4. The number of amides is 2. The summed E-state index contributed by atoms with van der Waals surface area (Å²) in [5.41, 5.74) is 0.753. The van der Waals surface area contributed by atoms with Gasteiger partial charge in [-0.05, 0) is 43.4 Å². The summed E-state index contributed by atoms with van der Waals surface area (Å²) < 4.78 is 18.3. The van der Waals surface area contributed by atoms with Crippen molar-refractivity contribution in [2.24, 2.45) is 5.92 Å². The number of nitrogens with one attached hydrogen (secondary N) is 1. The van der Waals surface area contributed by atoms with Crippen LogP contribution in [0.25, 0.3) is 0 Å². The first-order chi connectivity index (χ1) is 10.4. The fourth-order valence-corrected chi connectivity index (χ4v) is 2.32. The Morgan fingerprint density at radius 3 is 2.82 bits per heavy atom. The molecule has 2 N–H and O–H groups in total. The number of rotatable bonds is 6. The second-order valence-electron chi connectivity index (χ2n) is 5.85. The van der Waals surface area contributed by atoms with Crippen molar-refractivity contribution in [1.82, 2.24) is 10.2 Å². The van der Waals surface area contributed by atoms with Gasteiger partial charge in [0.05, 0.1) is 19.3 Å². The van der Waals surface area contributed by atoms with Gasteiger partial charge >= 0.3 is 6.03 Å². The minimum Gasteiger partial charge on any atom is -0.494 e. The Morgan fingerprint density at radius 2 is 2.23 bits per heavy atom. The van der Waals surface area contributed by atoms with Crippen LogP contribution in [0, 0.1) is 11.7 Å². The first kappa shape index (κ1) is 16.5. The number of aliphatic hydroxyl groups excluding tert-OH is 1. The number of likely N-dealkylation sites (N-methyl/N-ethyl adjacent to an activating group) is 1. The molecule has 0 saturated heterocycles. The molecule has 0 heterocycles. The fourth-order valence-electron chi connectivity index (χ4n) is 2.32. The van der Waals surface area contributed by atoms with Gasteiger partial charge in [-0.25, -0.2) is 9.18 Å². The molecule has 1 aromatic carbocycles. The van der Waals surface area contributed by atoms with Gasteiger partial charge < -0.3 is 20.1 Å². The smallest absolute Gasteiger partial charge is 0.317 e. The Morgan fingerprint density at radius 1 is 1.55 bits per heavy atom. The lowest BCUT2D eigenvalue weighted by atomic mass is 10.1. The van der Waals surface area contributed by atoms with Gasteiger partial charge in [0, 0.05) is 13.6 Å². The minimum atomic E-state index is -0.461. The average Bonchev–Trinajstić information content (AvgIpc) is 3.32. The molecule has 2 atom stereocenters. The molecule has 22 heavy (non-hydrogen) atoms. The van der Waals surface area contributed by atoms with E-state index in [2.05, 4.69) is 5.32 Å². The molecule has 1 aliphatic carbocycles. The number of hydrogen-bond donors (Lipinski definition) is 2. The molecule has 2 rings (SSSR count). The summed E-state index contributed by atoms with van der Waals surface area (Å²) in [4.78, 5) is 13.6. The van der Waals surface area contributed by atoms with Gasteiger partial charge in [-0.1, -0.05) is 6.07 Å². The first-order valence-electron chi connectivity index (χ1n) is 7.45. The number of hydrogen-bond acceptors (Lipinski definition) is 3. The molecule has 5 nitrogen and oxygen atoms in total. The molecular formula is C16H23FN2O3. The number of halogens is 1. The number of aliphatic hydroxyl groups is 1. The van der Waals surface area contributed by atoms with Crippen LogP contribution >= 0.6 is 0 Å². The van der Waals surface area contributed by atoms with Crippen LogP contribution in [0.5, 0.6) is 5.75 Å². The van der Waals surface area contributed by atoms with E-state index in [9.17, 15) is 14.3 Å². The summed E-state index contributed by atoms with van der Waals surface area (Å²) in [5, 5.41) is 12.7. The molecule has 1 fully saturated rings. The van der Waals surface area contributed by atoms with Crippen LogP contribution in [0.2, 0.25) is 0 Å². The number of nitrogens with zero attached hydrogens (tertiary/aromatic N) is 1. The first-order valence-corrected chi connectivity index (χ1v) is 7.45. The molecule has 0 aromatic heterocycles. The van der Waals surface area contributed by atoms with Gasteiger partial charge in [-0.2, -0.15) is 0 Å². The Labute approximate surface area is 130 Å². The van der Waals surface area contributed by atoms with Gasteiger partial charge in [0.2, 0.25) is 0 Å². The summed E-state index contributed by atoms with van der Waals surface area (Å²) in [6.07, 6.45) is 1.60. The highest BCUT2D eigenvalue weighted by molar-refractivity contribution is 5.74. The Balaban J connectivity index is 1.92. The van der Waals surface area contributed by atoms with Crippen molar-refractivity contribution in [2.45, 2.75) is 31.9 Å². The molecule has 2 amide bonds. The summed E-state index contributed by atoms with van der Waals surface area (Å²) in [6, 6.07) is 3.94. The van der Waals surface area contributed by atoms with Gasteiger partial charge in [0.15, 0.2) is 11.6 Å². The molecule has 6 heteroatoms. The molecule has 1 saturated carbocycles. The van der Waals surface area contributed by atoms with E-state index >= 15 is 0 Å². The number of urea groups is 1. The van der Waals surface area contributed by atoms with E-state index in [0.717, 1.165) is 18.4 Å². The van der Waals surface area contributed by atoms with Crippen molar-refractivity contribution >= 4 is 6.03 Å². The summed E-state index contributed by atoms with van der Waals surface area (Å²) in [6.45, 7) is 2.13. The maximum Gasteiger partial charge on any atom is 0.317 e. The van der Waals surface area contributed by atoms with E-state index in [1.807, 2.05) is 6.92 Å². The highest BCUT2D eigenvalue weighted by Crippen LogP contribution is 2.32. The zero-order valence-electron chi connectivity index (χ0n) is 13.2. The molecule has 122 valence electrons. The molecule has 0 spiro atoms. The predicted octanol–water partition coefficient (Wildman–Crippen LogP) is 2.31. The molecule has 2 unspecified atom stereocenters. The summed E-state index contributed by atoms with van der Waals surface area (Å²) in [7, 11) is 3.05. The van der Waals surface area contributed by atoms with Crippen molar-refractivity contribution in [2.75, 3.05) is 20.7 Å². The van der Waals surface area contributed by atoms with Crippen LogP contribution in [0.15, 0.2) is 18.2 Å². The zero-order valence-corrected chi connectivity index (χ0v) is 13.2. The van der Waals surface area contributed by atoms with Crippen LogP contribution in [-0.4, -0.2) is 42.8 Å². The van der Waals surface area contributed by atoms with Crippen LogP contribution in [0.1, 0.15) is 31.4 Å². The van der Waals surface area contributed by atoms with Gasteiger partial charge in [-0.15, -0.1) is 0 Å². The monoisotopic (exact) mass is 310 g/mol. The molecule has 0 bridgehead atoms. The highest BCUT2D eigenvalue weighted by atomic mass is 19.1. The van der Waals surface area contributed by atoms with Crippen LogP contribution in [0.3, 0.4) is 0 Å². The average molecular weight is 310 g/mol. The minimum absolute atomic E-state index is 0.149. The van der Waals surface area contributed by atoms with E-state index in [-0.39, 0.29) is 17.8 Å². The second-order valence-corrected chi connectivity index (χ2v) is 5.85. The molecule has 0 radical (unpaired) electrons. The fraction of sp³-hybridized carbons (Fsp3) is 0.562. The zero-order chi connectivity index (χ0) is 16.3. The van der Waals surface area contributed by atoms with E-state index in [4.69, 9.17) is 4.74 Å². The maximum absolute atomic E-state index is 13.4. The van der Waals surface area contributed by atoms with Crippen molar-refractivity contribution in [1.29, 1.82) is 0 Å². The number of methoxy groups -OCH3 is 1. The van der Waals surface area contributed by atoms with E-state index in [1.165, 1.54) is 18.1 Å². The third kappa shape index (κ3) is 4.10. The normalized spacial score (nSPS) is 16.8. The number of carbonyl (C=O) groups is 1. The lowest BCUT2D eigenvalue weighted by Gasteiger charge is -2.24. The Bertz CT molecular complexity index is 534. The van der Waals surface area contributed by atoms with Crippen LogP contribution in [-0.2, 0) is 0 Å². The van der Waals surface area contributed by atoms with E-state index in [0.29, 0.717) is 12.5 Å². The van der Waals surface area contributed by atoms with E-state index < -0.39 is 11.9 Å². The molecule has 0 aliphatic heterocycles. The van der Waals surface area contributed by atoms with Crippen molar-refractivity contribution in [3.63, 3.8) is 0 Å². The largest absolute Gasteiger partial charge is 0.494 e. The Kier molecular flexibility index (Phi) is 5.24. The SMILES string of the molecule is COc1cc(C(C)NC(=O)N(C)CC(O)C2CC2)ccc1F. The van der Waals surface area contributed by atoms with Gasteiger partial charge in [-0.3, -0.25) is 0 Å². The van der Waals surface area contributed by atoms with Crippen LogP contribution < -0.4 is 10.1 Å². The van der Waals surface area contributed by atoms with Crippen molar-refractivity contribution < 1.29 is 19.0 Å². The molecule has 1 aliphatic rings. The quantitative estimate of drug-likeness (QED) is 0.847. The third-order valence-electron chi connectivity index (χ3n) is 3.99. The van der Waals surface area contributed by atoms with Crippen LogP contribution in [0.4, 0.5) is 9.18 Å². The summed E-state index contributed by atoms with van der Waals surface area (Å²) >= 11 is 0. The lowest BCUT2D eigenvalue weighted by Crippen LogP contribution is -2.42. The van der Waals surface area contributed by atoms with E-state index in [1.54, 1.807) is 19.2 Å². The standard InChI is InChI=1S/C16H23FN2O3/c1-10(12-6-7-13(17)15(8-12)22-3)18-16(21)19(2)9-14(20)11-4-5-11/h6-8,10-11,14,20H,4-5,9H2,1-3H3,(H,18,21). The second kappa shape index (κ2) is 6.96. The van der Waals surface area contributed by atoms with Gasteiger partial charge in [0.1, 0.15) is 0 Å². The van der Waals surface area contributed by atoms with Crippen molar-refractivity contribution in [3.8, 4) is 5.75 Å². The predicted molar refractivity (Wildman–Crippen MR) is 81.3 cm³/mol. The number of carbonyl (C=O) groups excluding carboxylic acids is 1. The third-order valence-corrected chi connectivity index (χ3v) is 3.99. The van der Waals surface area contributed by atoms with Crippen molar-refractivity contribution in [3.05, 3.63) is 29.6 Å². The Hall–Kier alpha value is -1.82. The topological polar surface area (TPSA) is 61.8 Å².